The van der Waals surface area contributed by atoms with Crippen LogP contribution in [0.25, 0.3) is 0 Å². The molecule has 0 fully saturated rings. The molecule has 3 amide bonds. The molecular weight excluding hydrogens is 367 g/mol. The molecule has 7 nitrogen and oxygen atoms in total. The quantitative estimate of drug-likeness (QED) is 0.742. The highest BCUT2D eigenvalue weighted by atomic mass is 19.1. The minimum atomic E-state index is -1.47. The van der Waals surface area contributed by atoms with Crippen molar-refractivity contribution in [2.75, 3.05) is 7.05 Å². The van der Waals surface area contributed by atoms with Gasteiger partial charge < -0.3 is 14.8 Å². The molecule has 0 aliphatic carbocycles. The largest absolute Gasteiger partial charge is 0.476 e. The van der Waals surface area contributed by atoms with Crippen LogP contribution in [0.4, 0.5) is 9.18 Å². The molecule has 0 saturated heterocycles. The first kappa shape index (κ1) is 20.9. The molecule has 0 saturated carbocycles. The van der Waals surface area contributed by atoms with Crippen LogP contribution in [0.3, 0.4) is 0 Å². The number of carbonyl (C=O) groups excluding carboxylic acids is 3. The van der Waals surface area contributed by atoms with Crippen LogP contribution in [0.2, 0.25) is 0 Å². The fraction of sp³-hybridized carbons (Fsp3) is 0.250. The Balaban J connectivity index is 2.19. The van der Waals surface area contributed by atoms with Crippen molar-refractivity contribution in [3.05, 3.63) is 66.0 Å². The lowest BCUT2D eigenvalue weighted by Gasteiger charge is -2.27. The normalized spacial score (nSPS) is 11.9. The smallest absolute Gasteiger partial charge is 0.351 e. The van der Waals surface area contributed by atoms with E-state index in [9.17, 15) is 18.8 Å². The van der Waals surface area contributed by atoms with Crippen molar-refractivity contribution in [1.82, 2.24) is 10.6 Å². The van der Waals surface area contributed by atoms with E-state index in [1.807, 2.05) is 0 Å². The maximum Gasteiger partial charge on any atom is 0.351 e. The first-order valence-corrected chi connectivity index (χ1v) is 8.46. The van der Waals surface area contributed by atoms with Gasteiger partial charge in [-0.3, -0.25) is 10.1 Å². The zero-order valence-corrected chi connectivity index (χ0v) is 15.7. The number of hydrogen-bond acceptors (Lipinski definition) is 5. The van der Waals surface area contributed by atoms with Crippen LogP contribution in [-0.2, 0) is 14.3 Å². The second kappa shape index (κ2) is 8.98. The summed E-state index contributed by atoms with van der Waals surface area (Å²) >= 11 is 0. The fourth-order valence-electron chi connectivity index (χ4n) is 2.23. The molecule has 0 unspecified atom stereocenters. The lowest BCUT2D eigenvalue weighted by molar-refractivity contribution is -0.169. The average molecular weight is 388 g/mol. The monoisotopic (exact) mass is 388 g/mol. The highest BCUT2D eigenvalue weighted by Crippen LogP contribution is 2.24. The highest BCUT2D eigenvalue weighted by molar-refractivity contribution is 5.98. The van der Waals surface area contributed by atoms with Gasteiger partial charge in [-0.25, -0.2) is 14.0 Å². The van der Waals surface area contributed by atoms with Crippen LogP contribution in [0.5, 0.6) is 5.75 Å². The van der Waals surface area contributed by atoms with E-state index < -0.39 is 35.4 Å². The van der Waals surface area contributed by atoms with Crippen molar-refractivity contribution in [2.24, 2.45) is 0 Å². The van der Waals surface area contributed by atoms with Gasteiger partial charge in [0.25, 0.3) is 5.91 Å². The van der Waals surface area contributed by atoms with Crippen LogP contribution in [0.15, 0.2) is 54.6 Å². The standard InChI is InChI=1S/C20H21FN2O5/c1-20(2,28-15-11-9-14(21)10-12-15)18(25)27-16(13-7-5-4-6-8-13)17(24)23-19(26)22-3/h4-12,16H,1-3H3,(H2,22,23,24,26)/t16-/m0/s1. The van der Waals surface area contributed by atoms with Crippen molar-refractivity contribution >= 4 is 17.9 Å². The topological polar surface area (TPSA) is 93.7 Å². The number of imide groups is 1. The zero-order chi connectivity index (χ0) is 20.7. The summed E-state index contributed by atoms with van der Waals surface area (Å²) in [6.07, 6.45) is -1.36. The van der Waals surface area contributed by atoms with Gasteiger partial charge in [-0.05, 0) is 38.1 Å². The zero-order valence-electron chi connectivity index (χ0n) is 15.7. The Hall–Kier alpha value is -3.42. The third-order valence-electron chi connectivity index (χ3n) is 3.71. The number of carbonyl (C=O) groups is 3. The Morgan fingerprint density at radius 1 is 1.00 bits per heavy atom. The molecule has 2 N–H and O–H groups in total. The van der Waals surface area contributed by atoms with E-state index in [0.717, 1.165) is 0 Å². The molecule has 28 heavy (non-hydrogen) atoms. The van der Waals surface area contributed by atoms with Gasteiger partial charge in [-0.2, -0.15) is 0 Å². The fourth-order valence-corrected chi connectivity index (χ4v) is 2.23. The first-order valence-electron chi connectivity index (χ1n) is 8.46. The van der Waals surface area contributed by atoms with Gasteiger partial charge in [-0.15, -0.1) is 0 Å². The van der Waals surface area contributed by atoms with Gasteiger partial charge in [0, 0.05) is 12.6 Å². The predicted molar refractivity (Wildman–Crippen MR) is 99.0 cm³/mol. The Bertz CT molecular complexity index is 837. The summed E-state index contributed by atoms with van der Waals surface area (Å²) in [5, 5.41) is 4.35. The van der Waals surface area contributed by atoms with Gasteiger partial charge in [0.1, 0.15) is 11.6 Å². The Labute approximate surface area is 161 Å². The average Bonchev–Trinajstić information content (AvgIpc) is 2.67. The van der Waals surface area contributed by atoms with Gasteiger partial charge >= 0.3 is 12.0 Å². The van der Waals surface area contributed by atoms with Gasteiger partial charge in [0.05, 0.1) is 0 Å². The highest BCUT2D eigenvalue weighted by Gasteiger charge is 2.36. The molecule has 0 spiro atoms. The summed E-state index contributed by atoms with van der Waals surface area (Å²) < 4.78 is 24.0. The lowest BCUT2D eigenvalue weighted by atomic mass is 10.1. The third kappa shape index (κ3) is 5.54. The van der Waals surface area contributed by atoms with Gasteiger partial charge in [0.2, 0.25) is 6.10 Å². The molecule has 0 aromatic heterocycles. The van der Waals surface area contributed by atoms with E-state index in [-0.39, 0.29) is 5.75 Å². The number of halogens is 1. The van der Waals surface area contributed by atoms with Crippen molar-refractivity contribution in [3.8, 4) is 5.75 Å². The molecule has 8 heteroatoms. The van der Waals surface area contributed by atoms with E-state index in [2.05, 4.69) is 10.6 Å². The van der Waals surface area contributed by atoms with E-state index in [1.54, 1.807) is 30.3 Å². The Kier molecular flexibility index (Phi) is 6.70. The van der Waals surface area contributed by atoms with E-state index in [0.29, 0.717) is 5.56 Å². The maximum absolute atomic E-state index is 13.0. The number of nitrogens with one attached hydrogen (secondary N) is 2. The molecular formula is C20H21FN2O5. The van der Waals surface area contributed by atoms with Gasteiger partial charge in [0.15, 0.2) is 5.60 Å². The number of benzene rings is 2. The van der Waals surface area contributed by atoms with E-state index >= 15 is 0 Å². The van der Waals surface area contributed by atoms with Crippen molar-refractivity contribution in [1.29, 1.82) is 0 Å². The number of amides is 3. The third-order valence-corrected chi connectivity index (χ3v) is 3.71. The molecule has 0 heterocycles. The molecule has 0 aliphatic rings. The van der Waals surface area contributed by atoms with Crippen LogP contribution in [-0.4, -0.2) is 30.6 Å². The molecule has 1 atom stereocenters. The second-order valence-corrected chi connectivity index (χ2v) is 6.33. The number of esters is 1. The summed E-state index contributed by atoms with van der Waals surface area (Å²) in [7, 11) is 1.35. The number of urea groups is 1. The predicted octanol–water partition coefficient (Wildman–Crippen LogP) is 2.72. The van der Waals surface area contributed by atoms with Crippen molar-refractivity contribution in [2.45, 2.75) is 25.6 Å². The molecule has 148 valence electrons. The first-order chi connectivity index (χ1) is 13.2. The SMILES string of the molecule is CNC(=O)NC(=O)[C@@H](OC(=O)C(C)(C)Oc1ccc(F)cc1)c1ccccc1. The van der Waals surface area contributed by atoms with E-state index in [4.69, 9.17) is 9.47 Å². The molecule has 2 aromatic rings. The van der Waals surface area contributed by atoms with E-state index in [1.165, 1.54) is 45.2 Å². The van der Waals surface area contributed by atoms with Crippen LogP contribution >= 0.6 is 0 Å². The summed E-state index contributed by atoms with van der Waals surface area (Å²) in [6.45, 7) is 2.91. The van der Waals surface area contributed by atoms with Crippen LogP contribution in [0.1, 0.15) is 25.5 Å². The molecule has 0 aliphatic heterocycles. The van der Waals surface area contributed by atoms with Gasteiger partial charge in [-0.1, -0.05) is 30.3 Å². The van der Waals surface area contributed by atoms with Crippen LogP contribution < -0.4 is 15.4 Å². The summed E-state index contributed by atoms with van der Waals surface area (Å²) in [6, 6.07) is 12.7. The Morgan fingerprint density at radius 2 is 1.61 bits per heavy atom. The molecule has 0 bridgehead atoms. The summed E-state index contributed by atoms with van der Waals surface area (Å²) in [5.41, 5.74) is -1.09. The maximum atomic E-state index is 13.0. The second-order valence-electron chi connectivity index (χ2n) is 6.33. The summed E-state index contributed by atoms with van der Waals surface area (Å²) in [4.78, 5) is 36.6. The van der Waals surface area contributed by atoms with Crippen molar-refractivity contribution in [3.63, 3.8) is 0 Å². The molecule has 2 rings (SSSR count). The van der Waals surface area contributed by atoms with Crippen LogP contribution in [0, 0.1) is 5.82 Å². The number of rotatable bonds is 6. The number of ether oxygens (including phenoxy) is 2. The minimum absolute atomic E-state index is 0.259. The lowest BCUT2D eigenvalue weighted by Crippen LogP contribution is -2.45. The minimum Gasteiger partial charge on any atom is -0.476 e. The summed E-state index contributed by atoms with van der Waals surface area (Å²) in [5.74, 6) is -1.83. The molecule has 2 aromatic carbocycles. The molecule has 0 radical (unpaired) electrons. The Morgan fingerprint density at radius 3 is 2.18 bits per heavy atom. The van der Waals surface area contributed by atoms with Crippen molar-refractivity contribution < 1.29 is 28.2 Å². The number of hydrogen-bond donors (Lipinski definition) is 2.